The summed E-state index contributed by atoms with van der Waals surface area (Å²) in [5.41, 5.74) is 1.23. The minimum atomic E-state index is 0.930. The van der Waals surface area contributed by atoms with E-state index < -0.39 is 0 Å². The van der Waals surface area contributed by atoms with Crippen LogP contribution in [0, 0.1) is 0 Å². The first-order valence-corrected chi connectivity index (χ1v) is 4.58. The molecule has 0 heterocycles. The Balaban J connectivity index is 4.01. The average molecular weight is 174 g/mol. The monoisotopic (exact) mass is 174 g/mol. The summed E-state index contributed by atoms with van der Waals surface area (Å²) in [6.45, 7) is 7.69. The summed E-state index contributed by atoms with van der Waals surface area (Å²) < 4.78 is 0. The number of rotatable bonds is 5. The van der Waals surface area contributed by atoms with Gasteiger partial charge in [-0.15, -0.1) is 6.58 Å². The standard InChI is InChI=1S/C13H18/c1-4-7-8-9-10-12-13(6-3)11-5-2/h4-6,8-12H,1,7H2,2-3H3/b9-8+,11-5-,12-10-,13-6+. The zero-order valence-corrected chi connectivity index (χ0v) is 8.53. The molecule has 0 heteroatoms. The van der Waals surface area contributed by atoms with Crippen LogP contribution in [-0.4, -0.2) is 0 Å². The van der Waals surface area contributed by atoms with E-state index in [1.165, 1.54) is 5.57 Å². The highest BCUT2D eigenvalue weighted by atomic mass is 13.8. The molecule has 0 aliphatic carbocycles. The van der Waals surface area contributed by atoms with Crippen LogP contribution in [0.15, 0.2) is 60.8 Å². The van der Waals surface area contributed by atoms with Crippen LogP contribution in [0.5, 0.6) is 0 Å². The summed E-state index contributed by atoms with van der Waals surface area (Å²) >= 11 is 0. The van der Waals surface area contributed by atoms with Crippen LogP contribution in [0.3, 0.4) is 0 Å². The van der Waals surface area contributed by atoms with Gasteiger partial charge in [-0.25, -0.2) is 0 Å². The molecule has 0 aliphatic rings. The van der Waals surface area contributed by atoms with Crippen LogP contribution in [-0.2, 0) is 0 Å². The SMILES string of the molecule is C=CC/C=C/C=C\C(\C=C/C)=C\C. The van der Waals surface area contributed by atoms with Gasteiger partial charge in [0.05, 0.1) is 0 Å². The molecule has 70 valence electrons. The Kier molecular flexibility index (Phi) is 7.91. The Bertz CT molecular complexity index is 237. The van der Waals surface area contributed by atoms with E-state index in [0.717, 1.165) is 6.42 Å². The van der Waals surface area contributed by atoms with Crippen molar-refractivity contribution in [3.8, 4) is 0 Å². The van der Waals surface area contributed by atoms with E-state index in [1.54, 1.807) is 0 Å². The third-order valence-electron chi connectivity index (χ3n) is 1.53. The van der Waals surface area contributed by atoms with Gasteiger partial charge in [0.2, 0.25) is 0 Å². The maximum absolute atomic E-state index is 3.64. The molecule has 0 atom stereocenters. The lowest BCUT2D eigenvalue weighted by atomic mass is 10.2. The molecule has 0 bridgehead atoms. The highest BCUT2D eigenvalue weighted by Gasteiger charge is 1.78. The first-order chi connectivity index (χ1) is 6.35. The molecule has 0 spiro atoms. The molecule has 0 aromatic carbocycles. The van der Waals surface area contributed by atoms with E-state index in [9.17, 15) is 0 Å². The second-order valence-electron chi connectivity index (χ2n) is 2.60. The minimum Gasteiger partial charge on any atom is -0.103 e. The van der Waals surface area contributed by atoms with Gasteiger partial charge in [0.25, 0.3) is 0 Å². The zero-order valence-electron chi connectivity index (χ0n) is 8.53. The van der Waals surface area contributed by atoms with Crippen molar-refractivity contribution in [1.29, 1.82) is 0 Å². The van der Waals surface area contributed by atoms with Gasteiger partial charge in [-0.2, -0.15) is 0 Å². The van der Waals surface area contributed by atoms with Gasteiger partial charge in [0.1, 0.15) is 0 Å². The molecule has 0 nitrogen and oxygen atoms in total. The van der Waals surface area contributed by atoms with Crippen molar-refractivity contribution >= 4 is 0 Å². The molecule has 0 N–H and O–H groups in total. The average Bonchev–Trinajstić information content (AvgIpc) is 2.16. The molecule has 0 amide bonds. The summed E-state index contributed by atoms with van der Waals surface area (Å²) in [6.07, 6.45) is 17.2. The quantitative estimate of drug-likeness (QED) is 0.433. The summed E-state index contributed by atoms with van der Waals surface area (Å²) in [7, 11) is 0. The molecule has 0 saturated heterocycles. The van der Waals surface area contributed by atoms with Gasteiger partial charge in [-0.05, 0) is 25.8 Å². The highest BCUT2D eigenvalue weighted by Crippen LogP contribution is 1.99. The molecule has 0 unspecified atom stereocenters. The Morgan fingerprint density at radius 1 is 1.15 bits per heavy atom. The van der Waals surface area contributed by atoms with Gasteiger partial charge >= 0.3 is 0 Å². The fraction of sp³-hybridized carbons (Fsp3) is 0.231. The fourth-order valence-electron chi connectivity index (χ4n) is 0.860. The Morgan fingerprint density at radius 3 is 2.46 bits per heavy atom. The second kappa shape index (κ2) is 8.79. The first-order valence-electron chi connectivity index (χ1n) is 4.58. The normalized spacial score (nSPS) is 13.5. The lowest BCUT2D eigenvalue weighted by molar-refractivity contribution is 1.41. The van der Waals surface area contributed by atoms with Gasteiger partial charge in [-0.3, -0.25) is 0 Å². The third kappa shape index (κ3) is 7.07. The van der Waals surface area contributed by atoms with Crippen molar-refractivity contribution in [2.75, 3.05) is 0 Å². The topological polar surface area (TPSA) is 0 Å². The lowest BCUT2D eigenvalue weighted by Crippen LogP contribution is -1.67. The van der Waals surface area contributed by atoms with Crippen molar-refractivity contribution < 1.29 is 0 Å². The largest absolute Gasteiger partial charge is 0.103 e. The van der Waals surface area contributed by atoms with Crippen LogP contribution in [0.25, 0.3) is 0 Å². The molecular formula is C13H18. The van der Waals surface area contributed by atoms with E-state index in [0.29, 0.717) is 0 Å². The maximum atomic E-state index is 3.64. The van der Waals surface area contributed by atoms with E-state index >= 15 is 0 Å². The van der Waals surface area contributed by atoms with E-state index in [1.807, 2.05) is 38.2 Å². The molecular weight excluding hydrogens is 156 g/mol. The van der Waals surface area contributed by atoms with Gasteiger partial charge in [-0.1, -0.05) is 48.6 Å². The maximum Gasteiger partial charge on any atom is -0.0169 e. The number of allylic oxidation sites excluding steroid dienone is 9. The lowest BCUT2D eigenvalue weighted by Gasteiger charge is -1.88. The van der Waals surface area contributed by atoms with Crippen LogP contribution in [0.2, 0.25) is 0 Å². The van der Waals surface area contributed by atoms with Crippen LogP contribution in [0.1, 0.15) is 20.3 Å². The summed E-state index contributed by atoms with van der Waals surface area (Å²) in [5, 5.41) is 0. The van der Waals surface area contributed by atoms with Gasteiger partial charge < -0.3 is 0 Å². The molecule has 0 fully saturated rings. The number of hydrogen-bond donors (Lipinski definition) is 0. The molecule has 0 aromatic rings. The van der Waals surface area contributed by atoms with Gasteiger partial charge in [0.15, 0.2) is 0 Å². The summed E-state index contributed by atoms with van der Waals surface area (Å²) in [5.74, 6) is 0. The fourth-order valence-corrected chi connectivity index (χ4v) is 0.860. The van der Waals surface area contributed by atoms with Crippen molar-refractivity contribution in [2.24, 2.45) is 0 Å². The summed E-state index contributed by atoms with van der Waals surface area (Å²) in [6, 6.07) is 0. The minimum absolute atomic E-state index is 0.930. The molecule has 0 radical (unpaired) electrons. The Labute approximate surface area is 81.7 Å². The molecule has 13 heavy (non-hydrogen) atoms. The van der Waals surface area contributed by atoms with E-state index in [4.69, 9.17) is 0 Å². The smallest absolute Gasteiger partial charge is 0.0169 e. The zero-order chi connectivity index (χ0) is 9.94. The van der Waals surface area contributed by atoms with Crippen molar-refractivity contribution in [3.63, 3.8) is 0 Å². The Hall–Kier alpha value is -1.30. The van der Waals surface area contributed by atoms with Crippen molar-refractivity contribution in [3.05, 3.63) is 60.8 Å². The summed E-state index contributed by atoms with van der Waals surface area (Å²) in [4.78, 5) is 0. The first kappa shape index (κ1) is 11.7. The van der Waals surface area contributed by atoms with E-state index in [-0.39, 0.29) is 0 Å². The van der Waals surface area contributed by atoms with Crippen molar-refractivity contribution in [2.45, 2.75) is 20.3 Å². The van der Waals surface area contributed by atoms with Crippen LogP contribution >= 0.6 is 0 Å². The predicted molar refractivity (Wildman–Crippen MR) is 61.7 cm³/mol. The third-order valence-corrected chi connectivity index (χ3v) is 1.53. The van der Waals surface area contributed by atoms with E-state index in [2.05, 4.69) is 30.9 Å². The Morgan fingerprint density at radius 2 is 1.92 bits per heavy atom. The predicted octanol–water partition coefficient (Wildman–Crippen LogP) is 4.20. The van der Waals surface area contributed by atoms with Gasteiger partial charge in [0, 0.05) is 0 Å². The molecule has 0 aliphatic heterocycles. The second-order valence-corrected chi connectivity index (χ2v) is 2.60. The molecule has 0 rings (SSSR count). The number of hydrogen-bond acceptors (Lipinski definition) is 0. The molecule has 0 aromatic heterocycles. The highest BCUT2D eigenvalue weighted by molar-refractivity contribution is 5.31. The van der Waals surface area contributed by atoms with Crippen molar-refractivity contribution in [1.82, 2.24) is 0 Å². The van der Waals surface area contributed by atoms with Crippen LogP contribution in [0.4, 0.5) is 0 Å². The molecule has 0 saturated carbocycles. The van der Waals surface area contributed by atoms with Crippen LogP contribution < -0.4 is 0 Å².